The van der Waals surface area contributed by atoms with Crippen LogP contribution in [0.25, 0.3) is 44.4 Å². The van der Waals surface area contributed by atoms with Crippen LogP contribution >= 0.6 is 11.3 Å². The molecular formula is C48H47BF6N6O5S. The third-order valence-corrected chi connectivity index (χ3v) is 13.2. The van der Waals surface area contributed by atoms with E-state index in [1.54, 1.807) is 36.7 Å². The number of hydrogen-bond donors (Lipinski definition) is 0. The topological polar surface area (TPSA) is 122 Å². The average Bonchev–Trinajstić information content (AvgIpc) is 4.12. The summed E-state index contributed by atoms with van der Waals surface area (Å²) in [4.78, 5) is 33.0. The van der Waals surface area contributed by atoms with Crippen molar-refractivity contribution >= 4 is 46.8 Å². The van der Waals surface area contributed by atoms with Gasteiger partial charge in [-0.2, -0.15) is 26.3 Å². The molecule has 0 spiro atoms. The Morgan fingerprint density at radius 2 is 1.25 bits per heavy atom. The van der Waals surface area contributed by atoms with Crippen LogP contribution in [0.2, 0.25) is 0 Å². The van der Waals surface area contributed by atoms with Crippen molar-refractivity contribution in [2.45, 2.75) is 109 Å². The maximum Gasteiger partial charge on any atom is 0.495 e. The van der Waals surface area contributed by atoms with Crippen LogP contribution in [0, 0.1) is 0 Å². The second kappa shape index (κ2) is 19.1. The van der Waals surface area contributed by atoms with Crippen molar-refractivity contribution in [1.29, 1.82) is 0 Å². The number of rotatable bonds is 13. The van der Waals surface area contributed by atoms with Crippen LogP contribution in [-0.4, -0.2) is 77.8 Å². The van der Waals surface area contributed by atoms with Crippen molar-refractivity contribution in [2.75, 3.05) is 6.61 Å². The molecule has 2 aromatic carbocycles. The maximum absolute atomic E-state index is 12.4. The number of alkyl halides is 6. The lowest BCUT2D eigenvalue weighted by Crippen LogP contribution is -2.41. The molecule has 0 bridgehead atoms. The molecule has 5 aromatic heterocycles. The van der Waals surface area contributed by atoms with Gasteiger partial charge in [0.1, 0.15) is 39.0 Å². The first kappa shape index (κ1) is 47.7. The Kier molecular flexibility index (Phi) is 13.6. The van der Waals surface area contributed by atoms with Crippen LogP contribution in [0.4, 0.5) is 26.3 Å². The van der Waals surface area contributed by atoms with Crippen molar-refractivity contribution < 1.29 is 50.0 Å². The first-order valence-electron chi connectivity index (χ1n) is 21.8. The quantitative estimate of drug-likeness (QED) is 0.0821. The minimum atomic E-state index is -4.33. The fourth-order valence-corrected chi connectivity index (χ4v) is 8.72. The molecule has 1 unspecified atom stereocenters. The summed E-state index contributed by atoms with van der Waals surface area (Å²) in [5.41, 5.74) is 6.97. The average molecular weight is 945 g/mol. The van der Waals surface area contributed by atoms with Gasteiger partial charge in [0.05, 0.1) is 47.8 Å². The number of fused-ring (bicyclic) bond motifs is 2. The molecule has 9 rings (SSSR count). The van der Waals surface area contributed by atoms with Gasteiger partial charge < -0.3 is 14.0 Å². The summed E-state index contributed by atoms with van der Waals surface area (Å²) in [7, 11) is -0.494. The van der Waals surface area contributed by atoms with E-state index in [1.807, 2.05) is 97.4 Å². The number of carbonyl (C=O) groups is 2. The molecule has 19 heteroatoms. The van der Waals surface area contributed by atoms with E-state index in [0.29, 0.717) is 16.8 Å². The minimum absolute atomic E-state index is 0.0284. The smallest absolute Gasteiger partial charge is 0.399 e. The van der Waals surface area contributed by atoms with E-state index in [2.05, 4.69) is 20.2 Å². The van der Waals surface area contributed by atoms with E-state index in [4.69, 9.17) is 14.0 Å². The largest absolute Gasteiger partial charge is 0.495 e. The fourth-order valence-electron chi connectivity index (χ4n) is 7.79. The molecule has 0 saturated carbocycles. The van der Waals surface area contributed by atoms with Gasteiger partial charge >= 0.3 is 19.5 Å². The van der Waals surface area contributed by atoms with Crippen LogP contribution in [0.3, 0.4) is 0 Å². The number of Topliss-reactive ketones (excluding diaryl/α,β-unsaturated/α-hetero) is 2. The molecule has 1 atom stereocenters. The molecule has 0 amide bonds. The van der Waals surface area contributed by atoms with Gasteiger partial charge in [0.2, 0.25) is 0 Å². The van der Waals surface area contributed by atoms with Crippen LogP contribution < -0.4 is 5.46 Å². The predicted molar refractivity (Wildman–Crippen MR) is 242 cm³/mol. The number of carbonyl (C=O) groups excluding carboxylic acids is 2. The van der Waals surface area contributed by atoms with E-state index in [9.17, 15) is 35.9 Å². The molecule has 7 heterocycles. The molecule has 0 radical (unpaired) electrons. The highest BCUT2D eigenvalue weighted by molar-refractivity contribution is 7.14. The maximum atomic E-state index is 12.4. The van der Waals surface area contributed by atoms with Gasteiger partial charge in [0.25, 0.3) is 0 Å². The van der Waals surface area contributed by atoms with Gasteiger partial charge in [-0.1, -0.05) is 47.7 Å². The zero-order valence-electron chi connectivity index (χ0n) is 37.2. The summed E-state index contributed by atoms with van der Waals surface area (Å²) in [6, 6.07) is 22.2. The molecule has 2 aliphatic heterocycles. The lowest BCUT2D eigenvalue weighted by molar-refractivity contribution is -0.143. The summed E-state index contributed by atoms with van der Waals surface area (Å²) >= 11 is 1.52. The Labute approximate surface area is 386 Å². The van der Waals surface area contributed by atoms with E-state index in [-0.39, 0.29) is 18.9 Å². The summed E-state index contributed by atoms with van der Waals surface area (Å²) < 4.78 is 96.1. The van der Waals surface area contributed by atoms with Crippen molar-refractivity contribution in [3.8, 4) is 33.1 Å². The molecule has 0 N–H and O–H groups in total. The van der Waals surface area contributed by atoms with E-state index < -0.39 is 67.9 Å². The van der Waals surface area contributed by atoms with Crippen LogP contribution in [0.15, 0.2) is 97.6 Å². The molecular weight excluding hydrogens is 897 g/mol. The number of ketones is 2. The van der Waals surface area contributed by atoms with Crippen molar-refractivity contribution in [2.24, 2.45) is 0 Å². The second-order valence-corrected chi connectivity index (χ2v) is 18.7. The highest BCUT2D eigenvalue weighted by Gasteiger charge is 2.51. The Morgan fingerprint density at radius 3 is 1.78 bits per heavy atom. The normalized spacial score (nSPS) is 17.0. The van der Waals surface area contributed by atoms with Gasteiger partial charge in [-0.05, 0) is 93.5 Å². The number of hydrogen-bond acceptors (Lipinski definition) is 10. The second-order valence-electron chi connectivity index (χ2n) is 17.7. The minimum Gasteiger partial charge on any atom is -0.399 e. The molecule has 67 heavy (non-hydrogen) atoms. The number of nitrogens with zero attached hydrogens (tertiary/aromatic N) is 6. The number of benzene rings is 2. The summed E-state index contributed by atoms with van der Waals surface area (Å²) in [5.74, 6) is -0.869. The van der Waals surface area contributed by atoms with Crippen LogP contribution in [-0.2, 0) is 36.5 Å². The Bertz CT molecular complexity index is 2890. The van der Waals surface area contributed by atoms with Crippen molar-refractivity contribution in [1.82, 2.24) is 29.0 Å². The molecule has 2 fully saturated rings. The Balaban J connectivity index is 0.000000182. The molecule has 2 aliphatic rings. The summed E-state index contributed by atoms with van der Waals surface area (Å²) in [5, 5.41) is 10.3. The third-order valence-electron chi connectivity index (χ3n) is 12.1. The highest BCUT2D eigenvalue weighted by Crippen LogP contribution is 2.37. The lowest BCUT2D eigenvalue weighted by atomic mass is 9.80. The number of pyridine rings is 2. The van der Waals surface area contributed by atoms with Crippen molar-refractivity contribution in [3.63, 3.8) is 0 Å². The summed E-state index contributed by atoms with van der Waals surface area (Å²) in [6.07, 6.45) is -2.64. The van der Waals surface area contributed by atoms with Crippen LogP contribution in [0.5, 0.6) is 0 Å². The molecule has 2 saturated heterocycles. The lowest BCUT2D eigenvalue weighted by Gasteiger charge is -2.32. The SMILES string of the molecule is CC1(C)OB(c2ccn3c(-c4cccc(CC(=O)CCC(F)(F)F)c4)cnc3c2)OC1(C)C.O=C(CCC(F)(F)F)Cc1cccc(-c2cnc3cc(-c4nnc(C5CCCO5)s4)ccn23)c1. The molecule has 0 aliphatic carbocycles. The predicted octanol–water partition coefficient (Wildman–Crippen LogP) is 10.6. The Morgan fingerprint density at radius 1 is 0.716 bits per heavy atom. The van der Waals surface area contributed by atoms with E-state index in [0.717, 1.165) is 68.7 Å². The molecule has 7 aromatic rings. The highest BCUT2D eigenvalue weighted by atomic mass is 32.1. The Hall–Kier alpha value is -5.76. The van der Waals surface area contributed by atoms with E-state index >= 15 is 0 Å². The zero-order chi connectivity index (χ0) is 47.7. The summed E-state index contributed by atoms with van der Waals surface area (Å²) in [6.45, 7) is 8.76. The van der Waals surface area contributed by atoms with Gasteiger partial charge in [-0.15, -0.1) is 10.2 Å². The number of imidazole rings is 2. The first-order chi connectivity index (χ1) is 31.7. The van der Waals surface area contributed by atoms with Gasteiger partial charge in [0.15, 0.2) is 0 Å². The van der Waals surface area contributed by atoms with E-state index in [1.165, 1.54) is 11.3 Å². The first-order valence-corrected chi connectivity index (χ1v) is 22.6. The number of aromatic nitrogens is 6. The number of halogens is 6. The van der Waals surface area contributed by atoms with Gasteiger partial charge in [-0.25, -0.2) is 9.97 Å². The van der Waals surface area contributed by atoms with Gasteiger partial charge in [-0.3, -0.25) is 18.4 Å². The van der Waals surface area contributed by atoms with Crippen molar-refractivity contribution in [3.05, 3.63) is 114 Å². The monoisotopic (exact) mass is 944 g/mol. The zero-order valence-corrected chi connectivity index (χ0v) is 38.0. The molecule has 350 valence electrons. The fraction of sp³-hybridized carbons (Fsp3) is 0.375. The molecule has 11 nitrogen and oxygen atoms in total. The number of ether oxygens (including phenoxy) is 1. The standard InChI is InChI=1S/C24H26BF3N2O3.C24H21F3N4O2S/c1-22(2)23(3,4)33-25(32-22)18-9-11-30-20(15-29-21(30)14-18)17-7-5-6-16(12-17)13-19(31)8-10-24(26,27)28;25-24(26,27)8-6-18(32)12-15-3-1-4-16(11-15)19-14-28-21-13-17(7-9-31(19)21)22-29-30-23(34-22)20-5-2-10-33-20/h5-7,9,11-12,14-15H,8,10,13H2,1-4H3;1,3-4,7,9,11,13-14,20H,2,5-6,8,10,12H2. The van der Waals surface area contributed by atoms with Crippen LogP contribution in [0.1, 0.15) is 88.5 Å². The third kappa shape index (κ3) is 11.5. The van der Waals surface area contributed by atoms with Gasteiger partial charge in [0, 0.05) is 61.4 Å².